The molecule has 7 heavy (non-hydrogen) atoms. The lowest BCUT2D eigenvalue weighted by Gasteiger charge is -2.09. The number of nitrogens with two attached hydrogens (primary N) is 1. The number of nitroso groups, excluding NO2 is 1. The van der Waals surface area contributed by atoms with Crippen LogP contribution in [0.4, 0.5) is 0 Å². The van der Waals surface area contributed by atoms with Gasteiger partial charge in [-0.2, -0.15) is 0 Å². The summed E-state index contributed by atoms with van der Waals surface area (Å²) in [4.78, 5) is 9.38. The van der Waals surface area contributed by atoms with Gasteiger partial charge in [-0.05, 0) is 0 Å². The first-order valence-electron chi connectivity index (χ1n) is 1.68. The third-order valence-corrected chi connectivity index (χ3v) is 0.512. The topological polar surface area (TPSA) is 78.9 Å². The zero-order valence-electron chi connectivity index (χ0n) is 3.90. The molecule has 0 fully saturated rings. The molecule has 0 saturated carbocycles. The van der Waals surface area contributed by atoms with E-state index >= 15 is 0 Å². The summed E-state index contributed by atoms with van der Waals surface area (Å²) in [7, 11) is 1.28. The molecule has 0 rings (SSSR count). The molecular weight excluding hydrogens is 98.0 g/mol. The van der Waals surface area contributed by atoms with Crippen LogP contribution in [0.1, 0.15) is 0 Å². The molecule has 0 aromatic carbocycles. The van der Waals surface area contributed by atoms with Gasteiger partial charge in [0, 0.05) is 7.05 Å². The number of rotatable bonds is 2. The minimum Gasteiger partial charge on any atom is -0.360 e. The van der Waals surface area contributed by atoms with Crippen LogP contribution < -0.4 is 5.73 Å². The van der Waals surface area contributed by atoms with E-state index in [1.807, 2.05) is 0 Å². The molecule has 0 amide bonds. The molecule has 42 valence electrons. The smallest absolute Gasteiger partial charge is 0.199 e. The normalized spacial score (nSPS) is 13.0. The van der Waals surface area contributed by atoms with Gasteiger partial charge in [-0.3, -0.25) is 5.73 Å². The molecule has 0 bridgehead atoms. The highest BCUT2D eigenvalue weighted by Crippen LogP contribution is 1.80. The number of hydrogen-bond acceptors (Lipinski definition) is 4. The first-order chi connectivity index (χ1) is 3.18. The molecule has 0 aromatic rings. The highest BCUT2D eigenvalue weighted by atomic mass is 16.3. The maximum Gasteiger partial charge on any atom is 0.199 e. The van der Waals surface area contributed by atoms with Gasteiger partial charge in [0.2, 0.25) is 0 Å². The van der Waals surface area contributed by atoms with Crippen molar-refractivity contribution >= 4 is 0 Å². The maximum absolute atomic E-state index is 9.38. The number of hydrogen-bond donors (Lipinski definition) is 2. The predicted octanol–water partition coefficient (Wildman–Crippen LogP) is -1.17. The quantitative estimate of drug-likeness (QED) is 0.263. The Labute approximate surface area is 40.7 Å². The van der Waals surface area contributed by atoms with E-state index in [1.54, 1.807) is 0 Å². The zero-order valence-corrected chi connectivity index (χ0v) is 3.90. The van der Waals surface area contributed by atoms with Crippen LogP contribution >= 0.6 is 0 Å². The lowest BCUT2D eigenvalue weighted by Crippen LogP contribution is -2.34. The molecule has 0 spiro atoms. The van der Waals surface area contributed by atoms with Gasteiger partial charge in [0.1, 0.15) is 0 Å². The van der Waals surface area contributed by atoms with E-state index in [0.717, 1.165) is 0 Å². The molecule has 0 saturated heterocycles. The molecule has 5 heteroatoms. The van der Waals surface area contributed by atoms with Crippen LogP contribution in [-0.4, -0.2) is 23.5 Å². The molecule has 1 atom stereocenters. The summed E-state index contributed by atoms with van der Waals surface area (Å²) in [5.74, 6) is 0. The molecule has 0 radical (unpaired) electrons. The molecule has 0 aliphatic heterocycles. The van der Waals surface area contributed by atoms with E-state index in [0.29, 0.717) is 5.01 Å². The Morgan fingerprint density at radius 1 is 2.00 bits per heavy atom. The SMILES string of the molecule is CN(N=O)C(N)O. The van der Waals surface area contributed by atoms with Crippen LogP contribution in [0, 0.1) is 4.91 Å². The molecule has 0 aliphatic rings. The van der Waals surface area contributed by atoms with Crippen molar-refractivity contribution in [1.82, 2.24) is 5.01 Å². The van der Waals surface area contributed by atoms with E-state index in [9.17, 15) is 4.91 Å². The van der Waals surface area contributed by atoms with E-state index in [2.05, 4.69) is 5.29 Å². The highest BCUT2D eigenvalue weighted by molar-refractivity contribution is 4.35. The Balaban J connectivity index is 3.33. The molecule has 1 unspecified atom stereocenters. The van der Waals surface area contributed by atoms with Crippen LogP contribution in [0.2, 0.25) is 0 Å². The molecule has 0 aliphatic carbocycles. The fraction of sp³-hybridized carbons (Fsp3) is 1.00. The van der Waals surface area contributed by atoms with Crippen molar-refractivity contribution in [2.45, 2.75) is 6.35 Å². The molecular formula is C2H7N3O2. The van der Waals surface area contributed by atoms with Crippen molar-refractivity contribution < 1.29 is 5.11 Å². The van der Waals surface area contributed by atoms with Gasteiger partial charge in [0.25, 0.3) is 0 Å². The van der Waals surface area contributed by atoms with Crippen molar-refractivity contribution in [3.63, 3.8) is 0 Å². The second-order valence-corrected chi connectivity index (χ2v) is 1.07. The van der Waals surface area contributed by atoms with Gasteiger partial charge in [-0.1, -0.05) is 0 Å². The van der Waals surface area contributed by atoms with Crippen molar-refractivity contribution in [3.05, 3.63) is 4.91 Å². The summed E-state index contributed by atoms with van der Waals surface area (Å²) >= 11 is 0. The fourth-order valence-electron chi connectivity index (χ4n) is 0.0483. The largest absolute Gasteiger partial charge is 0.360 e. The summed E-state index contributed by atoms with van der Waals surface area (Å²) in [5, 5.41) is 11.2. The highest BCUT2D eigenvalue weighted by Gasteiger charge is 1.98. The molecule has 0 aromatic heterocycles. The van der Waals surface area contributed by atoms with E-state index in [4.69, 9.17) is 10.8 Å². The summed E-state index contributed by atoms with van der Waals surface area (Å²) in [6, 6.07) is 0. The second kappa shape index (κ2) is 2.49. The minimum absolute atomic E-state index is 0.694. The Hall–Kier alpha value is -0.680. The summed E-state index contributed by atoms with van der Waals surface area (Å²) in [6.45, 7) is 0. The monoisotopic (exact) mass is 105 g/mol. The standard InChI is InChI=1S/C2H7N3O2/c1-5(4-7)2(3)6/h2,6H,3H2,1H3. The summed E-state index contributed by atoms with van der Waals surface area (Å²) in [5.41, 5.74) is 4.73. The van der Waals surface area contributed by atoms with Gasteiger partial charge < -0.3 is 5.11 Å². The van der Waals surface area contributed by atoms with E-state index in [-0.39, 0.29) is 0 Å². The third kappa shape index (κ3) is 2.07. The minimum atomic E-state index is -1.28. The summed E-state index contributed by atoms with van der Waals surface area (Å²) in [6.07, 6.45) is -1.28. The zero-order chi connectivity index (χ0) is 5.86. The van der Waals surface area contributed by atoms with Gasteiger partial charge in [-0.25, -0.2) is 5.01 Å². The van der Waals surface area contributed by atoms with Crippen molar-refractivity contribution in [3.8, 4) is 0 Å². The Kier molecular flexibility index (Phi) is 2.24. The molecule has 5 nitrogen and oxygen atoms in total. The van der Waals surface area contributed by atoms with Gasteiger partial charge >= 0.3 is 0 Å². The number of aliphatic hydroxyl groups excluding tert-OH is 1. The van der Waals surface area contributed by atoms with Crippen LogP contribution in [0.5, 0.6) is 0 Å². The van der Waals surface area contributed by atoms with Crippen molar-refractivity contribution in [1.29, 1.82) is 0 Å². The van der Waals surface area contributed by atoms with E-state index in [1.165, 1.54) is 7.05 Å². The van der Waals surface area contributed by atoms with Crippen LogP contribution in [0.3, 0.4) is 0 Å². The van der Waals surface area contributed by atoms with Crippen LogP contribution in [-0.2, 0) is 0 Å². The number of aliphatic hydroxyl groups is 1. The Bertz CT molecular complexity index is 64.0. The average molecular weight is 105 g/mol. The predicted molar refractivity (Wildman–Crippen MR) is 23.8 cm³/mol. The lowest BCUT2D eigenvalue weighted by atomic mass is 10.9. The van der Waals surface area contributed by atoms with Crippen molar-refractivity contribution in [2.75, 3.05) is 7.05 Å². The lowest BCUT2D eigenvalue weighted by molar-refractivity contribution is 0.0286. The third-order valence-electron chi connectivity index (χ3n) is 0.512. The van der Waals surface area contributed by atoms with Gasteiger partial charge in [-0.15, -0.1) is 4.91 Å². The van der Waals surface area contributed by atoms with Crippen LogP contribution in [0.25, 0.3) is 0 Å². The first kappa shape index (κ1) is 6.32. The van der Waals surface area contributed by atoms with Gasteiger partial charge in [0.15, 0.2) is 6.35 Å². The van der Waals surface area contributed by atoms with Crippen LogP contribution in [0.15, 0.2) is 5.29 Å². The Morgan fingerprint density at radius 3 is 2.43 bits per heavy atom. The van der Waals surface area contributed by atoms with Crippen molar-refractivity contribution in [2.24, 2.45) is 11.0 Å². The number of nitrogens with zero attached hydrogens (tertiary/aromatic N) is 2. The first-order valence-corrected chi connectivity index (χ1v) is 1.68. The summed E-state index contributed by atoms with van der Waals surface area (Å²) < 4.78 is 0. The average Bonchev–Trinajstić information content (AvgIpc) is 1.65. The molecule has 3 N–H and O–H groups in total. The van der Waals surface area contributed by atoms with Gasteiger partial charge in [0.05, 0.1) is 5.29 Å². The van der Waals surface area contributed by atoms with E-state index < -0.39 is 6.35 Å². The fourth-order valence-corrected chi connectivity index (χ4v) is 0.0483. The maximum atomic E-state index is 9.38. The Morgan fingerprint density at radius 2 is 2.43 bits per heavy atom. The second-order valence-electron chi connectivity index (χ2n) is 1.07. The molecule has 0 heterocycles.